The Bertz CT molecular complexity index is 586. The van der Waals surface area contributed by atoms with Crippen molar-refractivity contribution < 1.29 is 0 Å². The van der Waals surface area contributed by atoms with Gasteiger partial charge in [0, 0.05) is 11.4 Å². The molecule has 0 atom stereocenters. The summed E-state index contributed by atoms with van der Waals surface area (Å²) in [6.45, 7) is 4.61. The van der Waals surface area contributed by atoms with E-state index in [1.807, 2.05) is 0 Å². The van der Waals surface area contributed by atoms with Gasteiger partial charge in [0.2, 0.25) is 0 Å². The summed E-state index contributed by atoms with van der Waals surface area (Å²) in [5, 5.41) is 0. The quantitative estimate of drug-likeness (QED) is 0.0735. The van der Waals surface area contributed by atoms with E-state index in [9.17, 15) is 0 Å². The average molecular weight is 584 g/mol. The maximum atomic E-state index is 4.99. The molecule has 0 unspecified atom stereocenters. The predicted molar refractivity (Wildman–Crippen MR) is 191 cm³/mol. The van der Waals surface area contributed by atoms with Crippen LogP contribution in [0.2, 0.25) is 0 Å². The van der Waals surface area contributed by atoms with Crippen molar-refractivity contribution in [2.24, 2.45) is 0 Å². The Morgan fingerprint density at radius 2 is 0.524 bits per heavy atom. The molecule has 0 spiro atoms. The molecule has 0 saturated carbocycles. The molecule has 1 heteroatoms. The molecule has 0 aliphatic heterocycles. The summed E-state index contributed by atoms with van der Waals surface area (Å²) in [4.78, 5) is 4.99. The largest absolute Gasteiger partial charge is 0.258 e. The molecular formula is C41H77N. The molecule has 0 radical (unpaired) electrons. The third-order valence-electron chi connectivity index (χ3n) is 9.44. The summed E-state index contributed by atoms with van der Waals surface area (Å²) in [6, 6.07) is 6.75. The first kappa shape index (κ1) is 39.2. The first-order chi connectivity index (χ1) is 20.9. The molecule has 1 aromatic heterocycles. The number of rotatable bonds is 34. The molecule has 0 fully saturated rings. The van der Waals surface area contributed by atoms with E-state index < -0.39 is 0 Å². The summed E-state index contributed by atoms with van der Waals surface area (Å²) in [5.41, 5.74) is 2.66. The van der Waals surface area contributed by atoms with Crippen LogP contribution < -0.4 is 0 Å². The van der Waals surface area contributed by atoms with E-state index in [2.05, 4.69) is 32.0 Å². The standard InChI is InChI=1S/C41H77N/c1-3-5-7-9-11-13-15-17-19-21-23-25-27-29-31-33-36-40-38-35-39-41(42-40)37-34-32-30-28-26-24-22-20-18-16-14-12-10-8-6-4-2/h35,38-39H,3-34,36-37H2,1-2H3. The van der Waals surface area contributed by atoms with Crippen molar-refractivity contribution in [2.45, 2.75) is 232 Å². The zero-order chi connectivity index (χ0) is 30.0. The summed E-state index contributed by atoms with van der Waals surface area (Å²) in [7, 11) is 0. The molecule has 0 bridgehead atoms. The predicted octanol–water partition coefficient (Wildman–Crippen LogP) is 14.7. The first-order valence-electron chi connectivity index (χ1n) is 19.8. The van der Waals surface area contributed by atoms with E-state index in [0.29, 0.717) is 0 Å². The molecule has 0 N–H and O–H groups in total. The van der Waals surface area contributed by atoms with Crippen molar-refractivity contribution in [1.29, 1.82) is 0 Å². The lowest BCUT2D eigenvalue weighted by molar-refractivity contribution is 0.528. The van der Waals surface area contributed by atoms with Gasteiger partial charge in [-0.1, -0.05) is 213 Å². The Morgan fingerprint density at radius 1 is 0.310 bits per heavy atom. The van der Waals surface area contributed by atoms with Gasteiger partial charge in [0.15, 0.2) is 0 Å². The zero-order valence-electron chi connectivity index (χ0n) is 29.2. The number of pyridine rings is 1. The lowest BCUT2D eigenvalue weighted by Crippen LogP contribution is -1.96. The Labute approximate surface area is 266 Å². The van der Waals surface area contributed by atoms with Crippen molar-refractivity contribution >= 4 is 0 Å². The van der Waals surface area contributed by atoms with Crippen molar-refractivity contribution in [3.63, 3.8) is 0 Å². The molecule has 42 heavy (non-hydrogen) atoms. The normalized spacial score (nSPS) is 11.5. The van der Waals surface area contributed by atoms with Crippen LogP contribution in [0.3, 0.4) is 0 Å². The number of nitrogens with zero attached hydrogens (tertiary/aromatic N) is 1. The van der Waals surface area contributed by atoms with E-state index in [1.54, 1.807) is 0 Å². The number of unbranched alkanes of at least 4 members (excludes halogenated alkanes) is 30. The second-order valence-corrected chi connectivity index (χ2v) is 13.7. The minimum atomic E-state index is 1.17. The van der Waals surface area contributed by atoms with Crippen LogP contribution in [0.25, 0.3) is 0 Å². The van der Waals surface area contributed by atoms with Gasteiger partial charge in [-0.2, -0.15) is 0 Å². The maximum Gasteiger partial charge on any atom is 0.0406 e. The molecule has 0 aromatic carbocycles. The zero-order valence-corrected chi connectivity index (χ0v) is 29.2. The van der Waals surface area contributed by atoms with Crippen LogP contribution >= 0.6 is 0 Å². The molecule has 0 aliphatic rings. The van der Waals surface area contributed by atoms with Crippen molar-refractivity contribution in [3.8, 4) is 0 Å². The fourth-order valence-electron chi connectivity index (χ4n) is 6.52. The van der Waals surface area contributed by atoms with E-state index in [4.69, 9.17) is 4.98 Å². The highest BCUT2D eigenvalue weighted by atomic mass is 14.7. The minimum Gasteiger partial charge on any atom is -0.258 e. The summed E-state index contributed by atoms with van der Waals surface area (Å²) in [6.07, 6.45) is 48.3. The molecule has 1 nitrogen and oxygen atoms in total. The Balaban J connectivity index is 1.84. The van der Waals surface area contributed by atoms with Gasteiger partial charge in [-0.05, 0) is 37.8 Å². The van der Waals surface area contributed by atoms with Crippen LogP contribution in [0.1, 0.15) is 231 Å². The Morgan fingerprint density at radius 3 is 0.762 bits per heavy atom. The van der Waals surface area contributed by atoms with Gasteiger partial charge in [0.1, 0.15) is 0 Å². The second kappa shape index (κ2) is 33.1. The summed E-state index contributed by atoms with van der Waals surface area (Å²) in [5.74, 6) is 0. The first-order valence-corrected chi connectivity index (χ1v) is 19.8. The van der Waals surface area contributed by atoms with E-state index in [-0.39, 0.29) is 0 Å². The van der Waals surface area contributed by atoms with Gasteiger partial charge in [-0.25, -0.2) is 0 Å². The monoisotopic (exact) mass is 584 g/mol. The Kier molecular flexibility index (Phi) is 30.8. The molecule has 0 saturated heterocycles. The van der Waals surface area contributed by atoms with Gasteiger partial charge < -0.3 is 0 Å². The molecule has 1 aromatic rings. The smallest absolute Gasteiger partial charge is 0.0406 e. The van der Waals surface area contributed by atoms with Crippen LogP contribution in [0.4, 0.5) is 0 Å². The molecule has 1 rings (SSSR count). The van der Waals surface area contributed by atoms with Gasteiger partial charge in [-0.3, -0.25) is 4.98 Å². The van der Waals surface area contributed by atoms with Gasteiger partial charge in [0.05, 0.1) is 0 Å². The molecule has 0 amide bonds. The van der Waals surface area contributed by atoms with Crippen LogP contribution in [-0.4, -0.2) is 4.98 Å². The van der Waals surface area contributed by atoms with Gasteiger partial charge in [-0.15, -0.1) is 0 Å². The number of hydrogen-bond donors (Lipinski definition) is 0. The topological polar surface area (TPSA) is 12.9 Å². The van der Waals surface area contributed by atoms with Crippen LogP contribution in [0.15, 0.2) is 18.2 Å². The van der Waals surface area contributed by atoms with Crippen LogP contribution in [0.5, 0.6) is 0 Å². The minimum absolute atomic E-state index is 1.17. The van der Waals surface area contributed by atoms with Crippen LogP contribution in [0, 0.1) is 0 Å². The summed E-state index contributed by atoms with van der Waals surface area (Å²) < 4.78 is 0. The van der Waals surface area contributed by atoms with E-state index >= 15 is 0 Å². The molecule has 246 valence electrons. The molecule has 1 heterocycles. The number of aromatic nitrogens is 1. The Hall–Kier alpha value is -0.850. The lowest BCUT2D eigenvalue weighted by Gasteiger charge is -2.06. The number of hydrogen-bond acceptors (Lipinski definition) is 1. The lowest BCUT2D eigenvalue weighted by atomic mass is 10.0. The van der Waals surface area contributed by atoms with Crippen molar-refractivity contribution in [2.75, 3.05) is 0 Å². The fraction of sp³-hybridized carbons (Fsp3) is 0.878. The van der Waals surface area contributed by atoms with Gasteiger partial charge in [0.25, 0.3) is 0 Å². The highest BCUT2D eigenvalue weighted by molar-refractivity contribution is 5.11. The second-order valence-electron chi connectivity index (χ2n) is 13.7. The van der Waals surface area contributed by atoms with Crippen molar-refractivity contribution in [3.05, 3.63) is 29.6 Å². The van der Waals surface area contributed by atoms with E-state index in [0.717, 1.165) is 0 Å². The SMILES string of the molecule is CCCCCCCCCCCCCCCCCCc1cccc(CCCCCCCCCCCCCCCCCC)n1. The third-order valence-corrected chi connectivity index (χ3v) is 9.44. The average Bonchev–Trinajstić information content (AvgIpc) is 3.01. The van der Waals surface area contributed by atoms with Crippen LogP contribution in [-0.2, 0) is 12.8 Å². The highest BCUT2D eigenvalue weighted by Gasteiger charge is 2.01. The highest BCUT2D eigenvalue weighted by Crippen LogP contribution is 2.16. The molecule has 0 aliphatic carbocycles. The maximum absolute atomic E-state index is 4.99. The number of aryl methyl sites for hydroxylation is 2. The van der Waals surface area contributed by atoms with Gasteiger partial charge >= 0.3 is 0 Å². The molecular weight excluding hydrogens is 506 g/mol. The summed E-state index contributed by atoms with van der Waals surface area (Å²) >= 11 is 0. The fourth-order valence-corrected chi connectivity index (χ4v) is 6.52. The third kappa shape index (κ3) is 28.0. The van der Waals surface area contributed by atoms with E-state index in [1.165, 1.54) is 230 Å². The van der Waals surface area contributed by atoms with Crippen molar-refractivity contribution in [1.82, 2.24) is 4.98 Å².